The lowest BCUT2D eigenvalue weighted by Crippen LogP contribution is -2.37. The summed E-state index contributed by atoms with van der Waals surface area (Å²) < 4.78 is 45.7. The minimum atomic E-state index is -3.92. The first-order valence-electron chi connectivity index (χ1n) is 15.1. The highest BCUT2D eigenvalue weighted by Crippen LogP contribution is 2.42. The Labute approximate surface area is 272 Å². The van der Waals surface area contributed by atoms with Gasteiger partial charge in [-0.2, -0.15) is 5.10 Å². The predicted octanol–water partition coefficient (Wildman–Crippen LogP) is 6.87. The Morgan fingerprint density at radius 3 is 2.52 bits per heavy atom. The average Bonchev–Trinajstić information content (AvgIpc) is 3.49. The number of hydrogen-bond acceptors (Lipinski definition) is 7. The highest BCUT2D eigenvalue weighted by atomic mass is 32.2. The summed E-state index contributed by atoms with van der Waals surface area (Å²) in [6.45, 7) is 12.2. The molecular weight excluding hydrogens is 624 g/mol. The molecule has 5 heterocycles. The fourth-order valence-corrected chi connectivity index (χ4v) is 8.50. The fourth-order valence-electron chi connectivity index (χ4n) is 6.67. The maximum absolute atomic E-state index is 16.6. The Morgan fingerprint density at radius 1 is 1.15 bits per heavy atom. The third-order valence-electron chi connectivity index (χ3n) is 8.85. The largest absolute Gasteiger partial charge is 0.339 e. The monoisotopic (exact) mass is 658 g/mol. The Kier molecular flexibility index (Phi) is 8.14. The van der Waals surface area contributed by atoms with E-state index in [9.17, 15) is 13.2 Å². The molecule has 0 radical (unpaired) electrons. The molecule has 5 aromatic rings. The molecule has 0 spiro atoms. The van der Waals surface area contributed by atoms with Crippen LogP contribution in [0.5, 0.6) is 0 Å². The van der Waals surface area contributed by atoms with Gasteiger partial charge in [0.2, 0.25) is 5.91 Å². The summed E-state index contributed by atoms with van der Waals surface area (Å²) in [6.07, 6.45) is 6.71. The number of piperidine rings is 1. The number of nitrogens with one attached hydrogen (secondary N) is 1. The lowest BCUT2D eigenvalue weighted by Gasteiger charge is -2.33. The van der Waals surface area contributed by atoms with Crippen molar-refractivity contribution in [2.75, 3.05) is 19.3 Å². The molecule has 9 nitrogen and oxygen atoms in total. The quantitative estimate of drug-likeness (QED) is 0.157. The molecule has 4 aromatic heterocycles. The van der Waals surface area contributed by atoms with Gasteiger partial charge >= 0.3 is 0 Å². The number of sulfone groups is 1. The van der Waals surface area contributed by atoms with Gasteiger partial charge in [-0.3, -0.25) is 19.4 Å². The van der Waals surface area contributed by atoms with Crippen molar-refractivity contribution >= 4 is 49.9 Å². The Morgan fingerprint density at radius 2 is 1.87 bits per heavy atom. The van der Waals surface area contributed by atoms with E-state index < -0.39 is 15.7 Å². The van der Waals surface area contributed by atoms with Gasteiger partial charge in [-0.25, -0.2) is 17.8 Å². The van der Waals surface area contributed by atoms with E-state index in [2.05, 4.69) is 21.8 Å². The number of halogens is 1. The maximum Gasteiger partial charge on any atom is 0.245 e. The number of benzene rings is 1. The number of aromatic amines is 1. The number of H-pyrrole nitrogens is 1. The number of rotatable bonds is 6. The van der Waals surface area contributed by atoms with E-state index in [1.165, 1.54) is 12.1 Å². The van der Waals surface area contributed by atoms with E-state index in [1.54, 1.807) is 21.9 Å². The third-order valence-corrected chi connectivity index (χ3v) is 10.5. The van der Waals surface area contributed by atoms with Crippen molar-refractivity contribution in [1.82, 2.24) is 29.6 Å². The van der Waals surface area contributed by atoms with Gasteiger partial charge in [-0.1, -0.05) is 38.7 Å². The van der Waals surface area contributed by atoms with Crippen LogP contribution in [0.3, 0.4) is 0 Å². The second-order valence-electron chi connectivity index (χ2n) is 12.3. The van der Waals surface area contributed by atoms with E-state index >= 15 is 4.39 Å². The molecule has 46 heavy (non-hydrogen) atoms. The van der Waals surface area contributed by atoms with E-state index in [-0.39, 0.29) is 33.0 Å². The highest BCUT2D eigenvalue weighted by Gasteiger charge is 2.33. The first-order valence-corrected chi connectivity index (χ1v) is 17.4. The van der Waals surface area contributed by atoms with Gasteiger partial charge in [-0.05, 0) is 79.5 Å². The molecule has 238 valence electrons. The van der Waals surface area contributed by atoms with Crippen LogP contribution in [0.2, 0.25) is 0 Å². The SMILES string of the molecule is C=CC(=O)N1CCC(c2c(S(C)(=O)=O)c(=S)n(-c3c(C)ccnc3C(C)C)c3nc(-c4c(C)ccc5[nH]ncc45)c(F)cc23)CC1. The van der Waals surface area contributed by atoms with E-state index in [0.29, 0.717) is 64.9 Å². The number of amides is 1. The van der Waals surface area contributed by atoms with Crippen LogP contribution < -0.4 is 0 Å². The van der Waals surface area contributed by atoms with Crippen LogP contribution in [-0.4, -0.2) is 63.3 Å². The molecule has 1 fully saturated rings. The molecule has 0 unspecified atom stereocenters. The number of nitrogens with zero attached hydrogens (tertiary/aromatic N) is 5. The van der Waals surface area contributed by atoms with Crippen LogP contribution in [-0.2, 0) is 14.6 Å². The van der Waals surface area contributed by atoms with Gasteiger partial charge in [-0.15, -0.1) is 0 Å². The molecular formula is C34H35FN6O3S2. The molecule has 6 rings (SSSR count). The lowest BCUT2D eigenvalue weighted by atomic mass is 9.87. The molecule has 1 amide bonds. The van der Waals surface area contributed by atoms with E-state index in [1.807, 2.05) is 45.9 Å². The second-order valence-corrected chi connectivity index (χ2v) is 14.6. The molecule has 0 bridgehead atoms. The molecule has 12 heteroatoms. The number of pyridine rings is 3. The molecule has 0 aliphatic carbocycles. The molecule has 0 saturated carbocycles. The van der Waals surface area contributed by atoms with Crippen LogP contribution in [0.25, 0.3) is 38.9 Å². The minimum absolute atomic E-state index is 0.0245. The number of likely N-dealkylation sites (tertiary alicyclic amines) is 1. The second kappa shape index (κ2) is 11.8. The van der Waals surface area contributed by atoms with Crippen LogP contribution in [0.1, 0.15) is 60.9 Å². The smallest absolute Gasteiger partial charge is 0.245 e. The van der Waals surface area contributed by atoms with E-state index in [0.717, 1.165) is 22.9 Å². The van der Waals surface area contributed by atoms with Crippen LogP contribution in [0.15, 0.2) is 54.2 Å². The summed E-state index contributed by atoms with van der Waals surface area (Å²) in [5.41, 5.74) is 5.16. The predicted molar refractivity (Wildman–Crippen MR) is 180 cm³/mol. The van der Waals surface area contributed by atoms with Crippen molar-refractivity contribution in [3.8, 4) is 16.9 Å². The number of fused-ring (bicyclic) bond motifs is 2. The van der Waals surface area contributed by atoms with Crippen molar-refractivity contribution in [2.45, 2.75) is 57.3 Å². The number of aromatic nitrogens is 5. The van der Waals surface area contributed by atoms with Crippen molar-refractivity contribution in [3.05, 3.63) is 82.2 Å². The standard InChI is InChI=1S/C34H35FN6O3S2/c1-7-26(42)40-14-11-21(12-15-40)28-22-16-24(35)30(27-19(4)8-9-25-23(27)17-37-39-25)38-33(22)41(34(45)32(28)46(6,43)44)31-20(5)10-13-36-29(31)18(2)3/h7-10,13,16-18,21H,1,11-12,14-15H2,2-6H3,(H,37,39). The summed E-state index contributed by atoms with van der Waals surface area (Å²) in [5, 5.41) is 8.19. The molecule has 0 atom stereocenters. The summed E-state index contributed by atoms with van der Waals surface area (Å²) in [6, 6.07) is 7.01. The number of hydrogen-bond donors (Lipinski definition) is 1. The van der Waals surface area contributed by atoms with Gasteiger partial charge in [0, 0.05) is 41.9 Å². The van der Waals surface area contributed by atoms with Crippen molar-refractivity contribution in [1.29, 1.82) is 0 Å². The molecule has 1 aliphatic rings. The lowest BCUT2D eigenvalue weighted by molar-refractivity contribution is -0.127. The molecule has 1 N–H and O–H groups in total. The minimum Gasteiger partial charge on any atom is -0.339 e. The number of carbonyl (C=O) groups excluding carboxylic acids is 1. The van der Waals surface area contributed by atoms with Crippen LogP contribution in [0, 0.1) is 24.3 Å². The van der Waals surface area contributed by atoms with Crippen LogP contribution >= 0.6 is 12.2 Å². The van der Waals surface area contributed by atoms with Gasteiger partial charge < -0.3 is 4.90 Å². The topological polar surface area (TPSA) is 114 Å². The zero-order valence-electron chi connectivity index (χ0n) is 26.4. The van der Waals surface area contributed by atoms with Gasteiger partial charge in [0.15, 0.2) is 9.84 Å². The van der Waals surface area contributed by atoms with Gasteiger partial charge in [0.1, 0.15) is 26.7 Å². The van der Waals surface area contributed by atoms with Crippen molar-refractivity contribution in [2.24, 2.45) is 0 Å². The number of aryl methyl sites for hydroxylation is 2. The third kappa shape index (κ3) is 5.23. The summed E-state index contributed by atoms with van der Waals surface area (Å²) in [4.78, 5) is 23.7. The zero-order chi connectivity index (χ0) is 33.1. The maximum atomic E-state index is 16.6. The molecule has 1 aliphatic heterocycles. The average molecular weight is 659 g/mol. The van der Waals surface area contributed by atoms with Crippen molar-refractivity contribution in [3.63, 3.8) is 0 Å². The Bertz CT molecular complexity index is 2230. The summed E-state index contributed by atoms with van der Waals surface area (Å²) >= 11 is 6.11. The Balaban J connectivity index is 1.77. The van der Waals surface area contributed by atoms with Gasteiger partial charge in [0.25, 0.3) is 0 Å². The Hall–Kier alpha value is -4.29. The zero-order valence-corrected chi connectivity index (χ0v) is 28.0. The summed E-state index contributed by atoms with van der Waals surface area (Å²) in [5.74, 6) is -1.14. The summed E-state index contributed by atoms with van der Waals surface area (Å²) in [7, 11) is -3.92. The van der Waals surface area contributed by atoms with Crippen LogP contribution in [0.4, 0.5) is 4.39 Å². The molecule has 1 saturated heterocycles. The fraction of sp³-hybridized carbons (Fsp3) is 0.324. The first kappa shape index (κ1) is 31.7. The normalized spacial score (nSPS) is 14.5. The van der Waals surface area contributed by atoms with Crippen molar-refractivity contribution < 1.29 is 17.6 Å². The number of carbonyl (C=O) groups is 1. The van der Waals surface area contributed by atoms with E-state index in [4.69, 9.17) is 17.2 Å². The first-order chi connectivity index (χ1) is 21.8. The van der Waals surface area contributed by atoms with Gasteiger partial charge in [0.05, 0.1) is 23.1 Å². The highest BCUT2D eigenvalue weighted by molar-refractivity contribution is 7.91. The molecule has 1 aromatic carbocycles.